The Bertz CT molecular complexity index is 1580. The van der Waals surface area contributed by atoms with Crippen molar-refractivity contribution in [3.05, 3.63) is 71.8 Å². The van der Waals surface area contributed by atoms with Gasteiger partial charge in [0.1, 0.15) is 17.1 Å². The maximum absolute atomic E-state index is 13.0. The molecule has 0 bridgehead atoms. The lowest BCUT2D eigenvalue weighted by molar-refractivity contribution is 0.0964. The van der Waals surface area contributed by atoms with Crippen molar-refractivity contribution in [2.75, 3.05) is 43.2 Å². The molecule has 9 nitrogen and oxygen atoms in total. The van der Waals surface area contributed by atoms with Crippen LogP contribution in [0.4, 0.5) is 17.1 Å². The number of aliphatic hydroxyl groups is 1. The average molecular weight is 552 g/mol. The number of nitrogens with zero attached hydrogens (tertiary/aromatic N) is 1. The molecular formula is C29H33N3O6S. The summed E-state index contributed by atoms with van der Waals surface area (Å²) in [6.45, 7) is 3.76. The summed E-state index contributed by atoms with van der Waals surface area (Å²) in [6.07, 6.45) is 1.05. The number of fused-ring (bicyclic) bond motifs is 1. The smallest absolute Gasteiger partial charge is 0.255 e. The number of hydrogen-bond donors (Lipinski definition) is 3. The first kappa shape index (κ1) is 28.0. The number of amides is 1. The summed E-state index contributed by atoms with van der Waals surface area (Å²) in [5.74, 6) is 0.657. The SMILES string of the molecule is CNC(=O)c1c(-c2ccc(Nc3ccc(C(C)C)cc3)cc2)oc2cc(N(CCO)S(C)(=O)=O)c(OC)cc12. The Kier molecular flexibility index (Phi) is 8.17. The van der Waals surface area contributed by atoms with Crippen LogP contribution in [0.25, 0.3) is 22.3 Å². The third kappa shape index (κ3) is 5.86. The number of benzene rings is 3. The number of nitrogens with one attached hydrogen (secondary N) is 2. The number of sulfonamides is 1. The molecule has 0 atom stereocenters. The molecule has 0 unspecified atom stereocenters. The Morgan fingerprint density at radius 3 is 2.18 bits per heavy atom. The molecule has 0 radical (unpaired) electrons. The van der Waals surface area contributed by atoms with Gasteiger partial charge >= 0.3 is 0 Å². The van der Waals surface area contributed by atoms with E-state index in [0.717, 1.165) is 21.9 Å². The predicted molar refractivity (Wildman–Crippen MR) is 155 cm³/mol. The molecular weight excluding hydrogens is 518 g/mol. The second-order valence-electron chi connectivity index (χ2n) is 9.44. The lowest BCUT2D eigenvalue weighted by Gasteiger charge is -2.23. The highest BCUT2D eigenvalue weighted by molar-refractivity contribution is 7.92. The number of hydrogen-bond acceptors (Lipinski definition) is 7. The maximum atomic E-state index is 13.0. The van der Waals surface area contributed by atoms with E-state index in [4.69, 9.17) is 9.15 Å². The molecule has 0 saturated carbocycles. The summed E-state index contributed by atoms with van der Waals surface area (Å²) < 4.78 is 37.6. The van der Waals surface area contributed by atoms with Crippen molar-refractivity contribution in [1.29, 1.82) is 0 Å². The zero-order chi connectivity index (χ0) is 28.3. The van der Waals surface area contributed by atoms with Gasteiger partial charge < -0.3 is 24.9 Å². The topological polar surface area (TPSA) is 121 Å². The molecule has 4 rings (SSSR count). The molecule has 206 valence electrons. The minimum Gasteiger partial charge on any atom is -0.495 e. The highest BCUT2D eigenvalue weighted by Crippen LogP contribution is 2.41. The van der Waals surface area contributed by atoms with Crippen LogP contribution in [0.1, 0.15) is 35.7 Å². The number of furan rings is 1. The molecule has 3 N–H and O–H groups in total. The minimum absolute atomic E-state index is 0.161. The predicted octanol–water partition coefficient (Wildman–Crippen LogP) is 5.09. The fourth-order valence-corrected chi connectivity index (χ4v) is 5.32. The number of carbonyl (C=O) groups excluding carboxylic acids is 1. The minimum atomic E-state index is -3.73. The standard InChI is InChI=1S/C29H33N3O6S/c1-18(2)19-6-10-21(11-7-19)31-22-12-8-20(9-13-22)28-27(29(34)30-3)23-16-26(37-4)24(17-25(23)38-28)32(14-15-33)39(5,35)36/h6-13,16-18,31,33H,14-15H2,1-5H3,(H,30,34). The maximum Gasteiger partial charge on any atom is 0.255 e. The van der Waals surface area contributed by atoms with E-state index in [9.17, 15) is 18.3 Å². The Morgan fingerprint density at radius 1 is 1.05 bits per heavy atom. The molecule has 0 saturated heterocycles. The van der Waals surface area contributed by atoms with Crippen molar-refractivity contribution in [3.8, 4) is 17.1 Å². The van der Waals surface area contributed by atoms with E-state index < -0.39 is 10.0 Å². The molecule has 0 aliphatic heterocycles. The van der Waals surface area contributed by atoms with Gasteiger partial charge in [-0.1, -0.05) is 26.0 Å². The van der Waals surface area contributed by atoms with Crippen LogP contribution in [0.5, 0.6) is 5.75 Å². The summed E-state index contributed by atoms with van der Waals surface area (Å²) in [6, 6.07) is 18.8. The lowest BCUT2D eigenvalue weighted by Crippen LogP contribution is -2.32. The van der Waals surface area contributed by atoms with Gasteiger partial charge in [-0.05, 0) is 53.9 Å². The number of ether oxygens (including phenoxy) is 1. The highest BCUT2D eigenvalue weighted by Gasteiger charge is 2.27. The summed E-state index contributed by atoms with van der Waals surface area (Å²) in [5, 5.41) is 16.0. The van der Waals surface area contributed by atoms with Crippen LogP contribution < -0.4 is 19.7 Å². The van der Waals surface area contributed by atoms with Gasteiger partial charge in [0, 0.05) is 35.4 Å². The van der Waals surface area contributed by atoms with E-state index in [1.807, 2.05) is 36.4 Å². The third-order valence-electron chi connectivity index (χ3n) is 6.43. The van der Waals surface area contributed by atoms with Gasteiger partial charge in [-0.25, -0.2) is 8.42 Å². The molecule has 39 heavy (non-hydrogen) atoms. The van der Waals surface area contributed by atoms with Crippen molar-refractivity contribution in [3.63, 3.8) is 0 Å². The monoisotopic (exact) mass is 551 g/mol. The van der Waals surface area contributed by atoms with Crippen LogP contribution in [-0.2, 0) is 10.0 Å². The van der Waals surface area contributed by atoms with Gasteiger partial charge in [-0.15, -0.1) is 0 Å². The summed E-state index contributed by atoms with van der Waals surface area (Å²) in [7, 11) is -0.792. The van der Waals surface area contributed by atoms with Crippen molar-refractivity contribution >= 4 is 44.0 Å². The van der Waals surface area contributed by atoms with Gasteiger partial charge in [0.25, 0.3) is 5.91 Å². The second kappa shape index (κ2) is 11.4. The summed E-state index contributed by atoms with van der Waals surface area (Å²) >= 11 is 0. The lowest BCUT2D eigenvalue weighted by atomic mass is 10.0. The first-order valence-electron chi connectivity index (χ1n) is 12.5. The van der Waals surface area contributed by atoms with Gasteiger partial charge in [-0.3, -0.25) is 9.10 Å². The van der Waals surface area contributed by atoms with Crippen molar-refractivity contribution in [2.24, 2.45) is 0 Å². The molecule has 1 heterocycles. The molecule has 1 amide bonds. The van der Waals surface area contributed by atoms with Crippen molar-refractivity contribution < 1.29 is 27.5 Å². The van der Waals surface area contributed by atoms with Crippen LogP contribution in [0.3, 0.4) is 0 Å². The number of anilines is 3. The first-order chi connectivity index (χ1) is 18.6. The van der Waals surface area contributed by atoms with Gasteiger partial charge in [0.05, 0.1) is 37.8 Å². The fourth-order valence-electron chi connectivity index (χ4n) is 4.40. The van der Waals surface area contributed by atoms with Crippen molar-refractivity contribution in [1.82, 2.24) is 5.32 Å². The number of rotatable bonds is 10. The normalized spacial score (nSPS) is 11.6. The Labute approximate surface area is 228 Å². The molecule has 3 aromatic carbocycles. The quantitative estimate of drug-likeness (QED) is 0.251. The zero-order valence-corrected chi connectivity index (χ0v) is 23.4. The zero-order valence-electron chi connectivity index (χ0n) is 22.6. The van der Waals surface area contributed by atoms with E-state index >= 15 is 0 Å². The molecule has 0 aliphatic carbocycles. The Balaban J connectivity index is 1.77. The number of methoxy groups -OCH3 is 1. The molecule has 4 aromatic rings. The van der Waals surface area contributed by atoms with E-state index in [1.165, 1.54) is 25.8 Å². The van der Waals surface area contributed by atoms with E-state index in [2.05, 4.69) is 36.6 Å². The van der Waals surface area contributed by atoms with Gasteiger partial charge in [0.15, 0.2) is 0 Å². The summed E-state index contributed by atoms with van der Waals surface area (Å²) in [5.41, 5.74) is 4.56. The Hall–Kier alpha value is -4.02. The van der Waals surface area contributed by atoms with Crippen LogP contribution in [0, 0.1) is 0 Å². The highest BCUT2D eigenvalue weighted by atomic mass is 32.2. The van der Waals surface area contributed by atoms with Gasteiger partial charge in [-0.2, -0.15) is 0 Å². The van der Waals surface area contributed by atoms with E-state index in [0.29, 0.717) is 33.8 Å². The van der Waals surface area contributed by atoms with E-state index in [1.54, 1.807) is 6.07 Å². The average Bonchev–Trinajstić information content (AvgIpc) is 3.29. The largest absolute Gasteiger partial charge is 0.495 e. The molecule has 1 aromatic heterocycles. The molecule has 0 aliphatic rings. The first-order valence-corrected chi connectivity index (χ1v) is 14.3. The van der Waals surface area contributed by atoms with Crippen LogP contribution in [-0.4, -0.2) is 53.0 Å². The summed E-state index contributed by atoms with van der Waals surface area (Å²) in [4.78, 5) is 13.0. The molecule has 0 fully saturated rings. The number of carbonyl (C=O) groups is 1. The molecule has 10 heteroatoms. The third-order valence-corrected chi connectivity index (χ3v) is 7.61. The second-order valence-corrected chi connectivity index (χ2v) is 11.4. The number of aliphatic hydroxyl groups excluding tert-OH is 1. The van der Waals surface area contributed by atoms with Crippen LogP contribution >= 0.6 is 0 Å². The van der Waals surface area contributed by atoms with Crippen LogP contribution in [0.2, 0.25) is 0 Å². The Morgan fingerprint density at radius 2 is 1.67 bits per heavy atom. The van der Waals surface area contributed by atoms with Crippen molar-refractivity contribution in [2.45, 2.75) is 19.8 Å². The van der Waals surface area contributed by atoms with E-state index in [-0.39, 0.29) is 30.5 Å². The molecule has 0 spiro atoms. The van der Waals surface area contributed by atoms with Gasteiger partial charge in [0.2, 0.25) is 10.0 Å². The fraction of sp³-hybridized carbons (Fsp3) is 0.276. The van der Waals surface area contributed by atoms with Crippen LogP contribution in [0.15, 0.2) is 65.1 Å².